The molecule has 3 aromatic heterocycles. The van der Waals surface area contributed by atoms with Crippen LogP contribution in [0, 0.1) is 11.8 Å². The van der Waals surface area contributed by atoms with E-state index >= 15 is 0 Å². The molecule has 0 bridgehead atoms. The molecule has 4 rings (SSSR count). The van der Waals surface area contributed by atoms with Gasteiger partial charge in [0.25, 0.3) is 5.91 Å². The molecule has 0 aliphatic heterocycles. The highest BCUT2D eigenvalue weighted by Crippen LogP contribution is 2.34. The van der Waals surface area contributed by atoms with Crippen molar-refractivity contribution in [3.05, 3.63) is 89.0 Å². The first-order chi connectivity index (χ1) is 17.1. The number of hydrogen-bond acceptors (Lipinski definition) is 6. The number of anilines is 2. The van der Waals surface area contributed by atoms with E-state index < -0.39 is 17.6 Å². The molecule has 0 aliphatic carbocycles. The van der Waals surface area contributed by atoms with Crippen LogP contribution in [-0.2, 0) is 12.7 Å². The van der Waals surface area contributed by atoms with E-state index in [-0.39, 0.29) is 23.4 Å². The third-order valence-electron chi connectivity index (χ3n) is 5.17. The molecule has 4 aromatic rings. The largest absolute Gasteiger partial charge is 0.416 e. The van der Waals surface area contributed by atoms with Gasteiger partial charge in [-0.1, -0.05) is 17.9 Å². The monoisotopic (exact) mass is 490 g/mol. The summed E-state index contributed by atoms with van der Waals surface area (Å²) in [6, 6.07) is 8.82. The van der Waals surface area contributed by atoms with Gasteiger partial charge in [0.05, 0.1) is 16.7 Å². The Labute approximate surface area is 205 Å². The minimum absolute atomic E-state index is 0.0261. The number of rotatable bonds is 4. The molecule has 1 aromatic carbocycles. The van der Waals surface area contributed by atoms with Crippen molar-refractivity contribution in [3.8, 4) is 11.8 Å². The van der Waals surface area contributed by atoms with Crippen molar-refractivity contribution in [2.75, 3.05) is 25.1 Å². The smallest absolute Gasteiger partial charge is 0.382 e. The van der Waals surface area contributed by atoms with Crippen molar-refractivity contribution in [3.63, 3.8) is 0 Å². The van der Waals surface area contributed by atoms with Crippen LogP contribution in [0.3, 0.4) is 0 Å². The lowest BCUT2D eigenvalue weighted by Crippen LogP contribution is -2.18. The second-order valence-electron chi connectivity index (χ2n) is 8.23. The number of nitrogens with zero attached hydrogens (tertiary/aromatic N) is 4. The number of hydrogen-bond donors (Lipinski definition) is 2. The average molecular weight is 490 g/mol. The first kappa shape index (κ1) is 24.6. The van der Waals surface area contributed by atoms with Crippen molar-refractivity contribution < 1.29 is 18.0 Å². The molecule has 10 heteroatoms. The van der Waals surface area contributed by atoms with Crippen LogP contribution in [0.1, 0.15) is 32.6 Å². The number of pyridine rings is 3. The normalized spacial score (nSPS) is 11.3. The van der Waals surface area contributed by atoms with Gasteiger partial charge in [-0.2, -0.15) is 13.2 Å². The fourth-order valence-corrected chi connectivity index (χ4v) is 3.56. The molecule has 0 atom stereocenters. The zero-order valence-electron chi connectivity index (χ0n) is 19.4. The van der Waals surface area contributed by atoms with Crippen LogP contribution >= 0.6 is 0 Å². The molecule has 0 radical (unpaired) electrons. The molecule has 0 fully saturated rings. The number of nitrogens with one attached hydrogen (secondary N) is 1. The quantitative estimate of drug-likeness (QED) is 0.413. The number of nitrogen functional groups attached to an aromatic ring is 1. The van der Waals surface area contributed by atoms with E-state index in [1.807, 2.05) is 6.07 Å². The maximum Gasteiger partial charge on any atom is 0.416 e. The summed E-state index contributed by atoms with van der Waals surface area (Å²) in [5.41, 5.74) is 6.93. The molecule has 7 nitrogen and oxygen atoms in total. The van der Waals surface area contributed by atoms with Crippen molar-refractivity contribution in [2.45, 2.75) is 12.7 Å². The minimum Gasteiger partial charge on any atom is -0.382 e. The lowest BCUT2D eigenvalue weighted by atomic mass is 10.1. The Balaban J connectivity index is 1.58. The van der Waals surface area contributed by atoms with Crippen LogP contribution in [-0.4, -0.2) is 39.9 Å². The third kappa shape index (κ3) is 5.59. The molecule has 0 aliphatic rings. The van der Waals surface area contributed by atoms with Crippen molar-refractivity contribution >= 4 is 28.3 Å². The van der Waals surface area contributed by atoms with Gasteiger partial charge in [0, 0.05) is 48.0 Å². The summed E-state index contributed by atoms with van der Waals surface area (Å²) in [6.45, 7) is 0.114. The highest BCUT2D eigenvalue weighted by Gasteiger charge is 2.33. The fraction of sp³-hybridized carbons (Fsp3) is 0.154. The molecule has 0 saturated heterocycles. The summed E-state index contributed by atoms with van der Waals surface area (Å²) in [5, 5.41) is 3.24. The minimum atomic E-state index is -4.56. The van der Waals surface area contributed by atoms with Crippen LogP contribution in [0.15, 0.2) is 61.2 Å². The molecular weight excluding hydrogens is 469 g/mol. The second-order valence-corrected chi connectivity index (χ2v) is 8.23. The molecule has 0 spiro atoms. The molecule has 0 saturated carbocycles. The SMILES string of the molecule is CN(C)Cc1ccc(NC(=O)c2cncc(C#Cc3cnc(N)c4ncccc34)c2)cc1C(F)(F)F. The predicted octanol–water partition coefficient (Wildman–Crippen LogP) is 4.34. The Morgan fingerprint density at radius 2 is 1.89 bits per heavy atom. The topological polar surface area (TPSA) is 97.0 Å². The van der Waals surface area contributed by atoms with Gasteiger partial charge in [0.1, 0.15) is 11.3 Å². The van der Waals surface area contributed by atoms with Gasteiger partial charge in [0.2, 0.25) is 0 Å². The van der Waals surface area contributed by atoms with E-state index in [0.717, 1.165) is 11.5 Å². The molecular formula is C26H21F3N6O. The summed E-state index contributed by atoms with van der Waals surface area (Å²) >= 11 is 0. The number of fused-ring (bicyclic) bond motifs is 1. The number of aromatic nitrogens is 3. The fourth-order valence-electron chi connectivity index (χ4n) is 3.56. The summed E-state index contributed by atoms with van der Waals surface area (Å²) in [7, 11) is 3.36. The Kier molecular flexibility index (Phi) is 6.85. The maximum absolute atomic E-state index is 13.6. The number of carbonyl (C=O) groups is 1. The third-order valence-corrected chi connectivity index (χ3v) is 5.17. The van der Waals surface area contributed by atoms with Gasteiger partial charge in [-0.3, -0.25) is 14.8 Å². The first-order valence-electron chi connectivity index (χ1n) is 10.7. The Morgan fingerprint density at radius 3 is 2.64 bits per heavy atom. The lowest BCUT2D eigenvalue weighted by Gasteiger charge is -2.17. The van der Waals surface area contributed by atoms with E-state index in [9.17, 15) is 18.0 Å². The number of benzene rings is 1. The van der Waals surface area contributed by atoms with Crippen LogP contribution < -0.4 is 11.1 Å². The van der Waals surface area contributed by atoms with E-state index in [1.54, 1.807) is 31.3 Å². The zero-order valence-corrected chi connectivity index (χ0v) is 19.4. The van der Waals surface area contributed by atoms with Crippen LogP contribution in [0.4, 0.5) is 24.7 Å². The van der Waals surface area contributed by atoms with Gasteiger partial charge in [-0.05, 0) is 50.0 Å². The van der Waals surface area contributed by atoms with Crippen LogP contribution in [0.25, 0.3) is 10.9 Å². The highest BCUT2D eigenvalue weighted by molar-refractivity contribution is 6.04. The lowest BCUT2D eigenvalue weighted by molar-refractivity contribution is -0.138. The number of alkyl halides is 3. The standard InChI is InChI=1S/C26H21F3N6O/c1-35(2)15-18-7-8-20(11-22(18)26(27,28)29)34-25(36)19-10-16(12-31-13-19)5-6-17-14-33-24(30)23-21(17)4-3-9-32-23/h3-4,7-14H,15H2,1-2H3,(H2,30,33)(H,34,36). The van der Waals surface area contributed by atoms with Gasteiger partial charge in [-0.15, -0.1) is 0 Å². The number of amides is 1. The maximum atomic E-state index is 13.6. The van der Waals surface area contributed by atoms with Crippen molar-refractivity contribution in [1.29, 1.82) is 0 Å². The van der Waals surface area contributed by atoms with Gasteiger partial charge < -0.3 is 16.0 Å². The first-order valence-corrected chi connectivity index (χ1v) is 10.7. The van der Waals surface area contributed by atoms with E-state index in [1.165, 1.54) is 36.8 Å². The molecule has 36 heavy (non-hydrogen) atoms. The molecule has 182 valence electrons. The van der Waals surface area contributed by atoms with Gasteiger partial charge in [0.15, 0.2) is 0 Å². The van der Waals surface area contributed by atoms with Crippen molar-refractivity contribution in [2.24, 2.45) is 0 Å². The van der Waals surface area contributed by atoms with Gasteiger partial charge in [-0.25, -0.2) is 4.98 Å². The van der Waals surface area contributed by atoms with E-state index in [2.05, 4.69) is 32.1 Å². The van der Waals surface area contributed by atoms with Crippen molar-refractivity contribution in [1.82, 2.24) is 19.9 Å². The van der Waals surface area contributed by atoms with E-state index in [0.29, 0.717) is 22.5 Å². The molecule has 3 heterocycles. The zero-order chi connectivity index (χ0) is 25.9. The number of halogens is 3. The summed E-state index contributed by atoms with van der Waals surface area (Å²) in [4.78, 5) is 26.8. The summed E-state index contributed by atoms with van der Waals surface area (Å²) in [6.07, 6.45) is 1.38. The predicted molar refractivity (Wildman–Crippen MR) is 131 cm³/mol. The average Bonchev–Trinajstić information content (AvgIpc) is 2.84. The second kappa shape index (κ2) is 10.0. The number of nitrogens with two attached hydrogens (primary N) is 1. The highest BCUT2D eigenvalue weighted by atomic mass is 19.4. The Hall–Kier alpha value is -4.49. The molecule has 3 N–H and O–H groups in total. The van der Waals surface area contributed by atoms with Crippen LogP contribution in [0.5, 0.6) is 0 Å². The number of carbonyl (C=O) groups excluding carboxylic acids is 1. The van der Waals surface area contributed by atoms with Crippen LogP contribution in [0.2, 0.25) is 0 Å². The van der Waals surface area contributed by atoms with E-state index in [4.69, 9.17) is 5.73 Å². The Bertz CT molecular complexity index is 1510. The summed E-state index contributed by atoms with van der Waals surface area (Å²) < 4.78 is 40.7. The molecule has 0 unspecified atom stereocenters. The molecule has 1 amide bonds. The summed E-state index contributed by atoms with van der Waals surface area (Å²) in [5.74, 6) is 5.60. The van der Waals surface area contributed by atoms with Gasteiger partial charge >= 0.3 is 6.18 Å². The Morgan fingerprint density at radius 1 is 1.08 bits per heavy atom.